The van der Waals surface area contributed by atoms with Gasteiger partial charge in [0, 0.05) is 23.8 Å². The van der Waals surface area contributed by atoms with Gasteiger partial charge in [-0.05, 0) is 55.8 Å². The molecule has 0 saturated heterocycles. The Morgan fingerprint density at radius 1 is 1.07 bits per heavy atom. The molecule has 0 bridgehead atoms. The number of rotatable bonds is 8. The van der Waals surface area contributed by atoms with Crippen molar-refractivity contribution in [3.63, 3.8) is 0 Å². The van der Waals surface area contributed by atoms with Crippen molar-refractivity contribution in [2.75, 3.05) is 19.5 Å². The van der Waals surface area contributed by atoms with Crippen molar-refractivity contribution in [1.29, 1.82) is 0 Å². The highest BCUT2D eigenvalue weighted by molar-refractivity contribution is 5.56. The van der Waals surface area contributed by atoms with Crippen LogP contribution in [0, 0.1) is 0 Å². The number of methoxy groups -OCH3 is 1. The molecular formula is C24H30N4O2. The van der Waals surface area contributed by atoms with Crippen LogP contribution in [-0.2, 0) is 13.1 Å². The maximum absolute atomic E-state index is 5.45. The lowest BCUT2D eigenvalue weighted by Crippen LogP contribution is -2.33. The number of aromatic nitrogens is 2. The van der Waals surface area contributed by atoms with E-state index in [9.17, 15) is 0 Å². The van der Waals surface area contributed by atoms with E-state index in [1.165, 1.54) is 37.7 Å². The number of ether oxygens (including phenoxy) is 1. The standard InChI is InChI=1S/C24H30N4O2/c1-28(20-9-4-3-5-10-20)17-19-8-6-7-11-22(19)25-16-23-26-24(27-30-23)18-12-14-21(29-2)15-13-18/h6-8,11-15,20,25H,3-5,9-10,16-17H2,1-2H3. The Morgan fingerprint density at radius 3 is 2.60 bits per heavy atom. The van der Waals surface area contributed by atoms with Gasteiger partial charge in [0.25, 0.3) is 0 Å². The molecule has 0 aliphatic heterocycles. The highest BCUT2D eigenvalue weighted by Gasteiger charge is 2.19. The normalized spacial score (nSPS) is 14.8. The van der Waals surface area contributed by atoms with Crippen molar-refractivity contribution in [1.82, 2.24) is 15.0 Å². The van der Waals surface area contributed by atoms with Gasteiger partial charge in [0.1, 0.15) is 5.75 Å². The Bertz CT molecular complexity index is 932. The van der Waals surface area contributed by atoms with E-state index in [0.717, 1.165) is 23.5 Å². The first kappa shape index (κ1) is 20.4. The van der Waals surface area contributed by atoms with Crippen molar-refractivity contribution >= 4 is 5.69 Å². The summed E-state index contributed by atoms with van der Waals surface area (Å²) < 4.78 is 10.6. The van der Waals surface area contributed by atoms with E-state index in [4.69, 9.17) is 9.26 Å². The van der Waals surface area contributed by atoms with E-state index in [0.29, 0.717) is 24.3 Å². The second-order valence-electron chi connectivity index (χ2n) is 7.96. The van der Waals surface area contributed by atoms with Crippen LogP contribution in [0.4, 0.5) is 5.69 Å². The SMILES string of the molecule is COc1ccc(-c2noc(CNc3ccccc3CN(C)C3CCCCC3)n2)cc1. The molecule has 0 radical (unpaired) electrons. The molecule has 1 aromatic heterocycles. The van der Waals surface area contributed by atoms with E-state index in [2.05, 4.69) is 51.7 Å². The molecule has 0 atom stereocenters. The van der Waals surface area contributed by atoms with Crippen LogP contribution in [0.25, 0.3) is 11.4 Å². The average molecular weight is 407 g/mol. The molecular weight excluding hydrogens is 376 g/mol. The third kappa shape index (κ3) is 5.00. The minimum Gasteiger partial charge on any atom is -0.497 e. The maximum Gasteiger partial charge on any atom is 0.246 e. The molecule has 1 heterocycles. The first-order valence-electron chi connectivity index (χ1n) is 10.7. The molecule has 1 aliphatic carbocycles. The van der Waals surface area contributed by atoms with E-state index in [1.807, 2.05) is 24.3 Å². The molecule has 0 amide bonds. The smallest absolute Gasteiger partial charge is 0.246 e. The highest BCUT2D eigenvalue weighted by atomic mass is 16.5. The molecule has 2 aromatic carbocycles. The summed E-state index contributed by atoms with van der Waals surface area (Å²) in [4.78, 5) is 7.02. The van der Waals surface area contributed by atoms with Crippen molar-refractivity contribution in [3.05, 3.63) is 60.0 Å². The van der Waals surface area contributed by atoms with Gasteiger partial charge >= 0.3 is 0 Å². The Hall–Kier alpha value is -2.86. The summed E-state index contributed by atoms with van der Waals surface area (Å²) in [6.45, 7) is 1.43. The first-order valence-corrected chi connectivity index (χ1v) is 10.7. The van der Waals surface area contributed by atoms with Gasteiger partial charge in [-0.2, -0.15) is 4.98 Å². The fourth-order valence-corrected chi connectivity index (χ4v) is 4.11. The third-order valence-electron chi connectivity index (χ3n) is 5.88. The van der Waals surface area contributed by atoms with Crippen LogP contribution in [0.5, 0.6) is 5.75 Å². The van der Waals surface area contributed by atoms with Gasteiger partial charge < -0.3 is 14.6 Å². The lowest BCUT2D eigenvalue weighted by Gasteiger charge is -2.31. The molecule has 4 rings (SSSR count). The Labute approximate surface area is 178 Å². The molecule has 0 spiro atoms. The molecule has 1 aliphatic rings. The molecule has 1 saturated carbocycles. The Morgan fingerprint density at radius 2 is 1.83 bits per heavy atom. The molecule has 30 heavy (non-hydrogen) atoms. The molecule has 158 valence electrons. The minimum atomic E-state index is 0.493. The van der Waals surface area contributed by atoms with Crippen LogP contribution >= 0.6 is 0 Å². The van der Waals surface area contributed by atoms with E-state index in [1.54, 1.807) is 7.11 Å². The second-order valence-corrected chi connectivity index (χ2v) is 7.96. The number of nitrogens with one attached hydrogen (secondary N) is 1. The third-order valence-corrected chi connectivity index (χ3v) is 5.88. The molecule has 3 aromatic rings. The zero-order chi connectivity index (χ0) is 20.8. The predicted molar refractivity (Wildman–Crippen MR) is 118 cm³/mol. The largest absolute Gasteiger partial charge is 0.497 e. The first-order chi connectivity index (χ1) is 14.7. The van der Waals surface area contributed by atoms with E-state index in [-0.39, 0.29) is 0 Å². The number of nitrogens with zero attached hydrogens (tertiary/aromatic N) is 3. The van der Waals surface area contributed by atoms with Gasteiger partial charge in [0.05, 0.1) is 13.7 Å². The number of benzene rings is 2. The van der Waals surface area contributed by atoms with E-state index < -0.39 is 0 Å². The van der Waals surface area contributed by atoms with Crippen LogP contribution in [0.1, 0.15) is 43.6 Å². The van der Waals surface area contributed by atoms with Crippen molar-refractivity contribution < 1.29 is 9.26 Å². The molecule has 6 heteroatoms. The summed E-state index contributed by atoms with van der Waals surface area (Å²) >= 11 is 0. The van der Waals surface area contributed by atoms with Gasteiger partial charge in [-0.3, -0.25) is 4.90 Å². The topological polar surface area (TPSA) is 63.4 Å². The summed E-state index contributed by atoms with van der Waals surface area (Å²) in [7, 11) is 3.89. The summed E-state index contributed by atoms with van der Waals surface area (Å²) in [5.41, 5.74) is 3.31. The molecule has 0 unspecified atom stereocenters. The predicted octanol–water partition coefficient (Wildman–Crippen LogP) is 5.12. The Balaban J connectivity index is 1.38. The van der Waals surface area contributed by atoms with Gasteiger partial charge in [0.2, 0.25) is 11.7 Å². The number of para-hydroxylation sites is 1. The van der Waals surface area contributed by atoms with Crippen molar-refractivity contribution in [3.8, 4) is 17.1 Å². The lowest BCUT2D eigenvalue weighted by atomic mass is 9.94. The summed E-state index contributed by atoms with van der Waals surface area (Å²) in [6.07, 6.45) is 6.70. The van der Waals surface area contributed by atoms with Gasteiger partial charge in [0.15, 0.2) is 0 Å². The van der Waals surface area contributed by atoms with Gasteiger partial charge in [-0.1, -0.05) is 42.6 Å². The number of anilines is 1. The van der Waals surface area contributed by atoms with Crippen LogP contribution in [0.2, 0.25) is 0 Å². The van der Waals surface area contributed by atoms with Crippen LogP contribution in [-0.4, -0.2) is 35.2 Å². The molecule has 1 fully saturated rings. The number of hydrogen-bond acceptors (Lipinski definition) is 6. The average Bonchev–Trinajstić information content (AvgIpc) is 3.28. The zero-order valence-electron chi connectivity index (χ0n) is 17.8. The Kier molecular flexibility index (Phi) is 6.64. The van der Waals surface area contributed by atoms with Crippen molar-refractivity contribution in [2.45, 2.75) is 51.2 Å². The quantitative estimate of drug-likeness (QED) is 0.560. The maximum atomic E-state index is 5.45. The van der Waals surface area contributed by atoms with Crippen LogP contribution < -0.4 is 10.1 Å². The minimum absolute atomic E-state index is 0.493. The molecule has 6 nitrogen and oxygen atoms in total. The summed E-state index contributed by atoms with van der Waals surface area (Å²) in [5, 5.41) is 7.59. The van der Waals surface area contributed by atoms with E-state index >= 15 is 0 Å². The fraction of sp³-hybridized carbons (Fsp3) is 0.417. The summed E-state index contributed by atoms with van der Waals surface area (Å²) in [6, 6.07) is 16.8. The second kappa shape index (κ2) is 9.76. The van der Waals surface area contributed by atoms with Gasteiger partial charge in [-0.15, -0.1) is 0 Å². The molecule has 1 N–H and O–H groups in total. The fourth-order valence-electron chi connectivity index (χ4n) is 4.11. The monoisotopic (exact) mass is 406 g/mol. The zero-order valence-corrected chi connectivity index (χ0v) is 17.8. The van der Waals surface area contributed by atoms with Crippen LogP contribution in [0.3, 0.4) is 0 Å². The highest BCUT2D eigenvalue weighted by Crippen LogP contribution is 2.25. The van der Waals surface area contributed by atoms with Crippen LogP contribution in [0.15, 0.2) is 53.1 Å². The summed E-state index contributed by atoms with van der Waals surface area (Å²) in [5.74, 6) is 1.95. The lowest BCUT2D eigenvalue weighted by molar-refractivity contribution is 0.185. The van der Waals surface area contributed by atoms with Crippen molar-refractivity contribution in [2.24, 2.45) is 0 Å². The number of hydrogen-bond donors (Lipinski definition) is 1. The van der Waals surface area contributed by atoms with Gasteiger partial charge in [-0.25, -0.2) is 0 Å².